The summed E-state index contributed by atoms with van der Waals surface area (Å²) in [6.45, 7) is 1.60. The molecule has 1 amide bonds. The Morgan fingerprint density at radius 2 is 1.93 bits per heavy atom. The van der Waals surface area contributed by atoms with Crippen LogP contribution in [0.25, 0.3) is 0 Å². The molecule has 2 aromatic rings. The van der Waals surface area contributed by atoms with Gasteiger partial charge in [-0.05, 0) is 55.4 Å². The van der Waals surface area contributed by atoms with Crippen LogP contribution in [0, 0.1) is 5.41 Å². The number of hydrogen-bond acceptors (Lipinski definition) is 5. The van der Waals surface area contributed by atoms with Crippen molar-refractivity contribution in [3.05, 3.63) is 41.4 Å². The maximum atomic E-state index is 12.3. The van der Waals surface area contributed by atoms with Gasteiger partial charge in [0.25, 0.3) is 0 Å². The molecule has 2 fully saturated rings. The zero-order chi connectivity index (χ0) is 18.9. The molecule has 1 aliphatic heterocycles. The number of carbonyl (C=O) groups is 1. The fourth-order valence-electron chi connectivity index (χ4n) is 3.94. The molecule has 1 spiro atoms. The molecule has 7 nitrogen and oxygen atoms in total. The van der Waals surface area contributed by atoms with Crippen LogP contribution in [-0.4, -0.2) is 45.0 Å². The summed E-state index contributed by atoms with van der Waals surface area (Å²) < 4.78 is 13.0. The topological polar surface area (TPSA) is 69.5 Å². The predicted molar refractivity (Wildman–Crippen MR) is 107 cm³/mol. The molecule has 9 heteroatoms. The fraction of sp³-hybridized carbons (Fsp3) is 0.526. The summed E-state index contributed by atoms with van der Waals surface area (Å²) in [5, 5.41) is 4.68. The van der Waals surface area contributed by atoms with E-state index < -0.39 is 0 Å². The Kier molecular flexibility index (Phi) is 6.35. The number of nitrogens with zero attached hydrogens (tertiary/aromatic N) is 4. The summed E-state index contributed by atoms with van der Waals surface area (Å²) in [6.07, 6.45) is 5.49. The van der Waals surface area contributed by atoms with Crippen LogP contribution in [0.1, 0.15) is 31.5 Å². The van der Waals surface area contributed by atoms with Crippen molar-refractivity contribution in [1.82, 2.24) is 19.7 Å². The molecule has 1 aromatic carbocycles. The fourth-order valence-corrected chi connectivity index (χ4v) is 4.06. The smallest absolute Gasteiger partial charge is 0.410 e. The largest absolute Gasteiger partial charge is 0.490 e. The first-order valence-corrected chi connectivity index (χ1v) is 9.58. The number of aromatic nitrogens is 3. The number of piperidine rings is 1. The second-order valence-corrected chi connectivity index (χ2v) is 7.88. The molecule has 1 aromatic heterocycles. The third kappa shape index (κ3) is 4.52. The molecule has 4 rings (SSSR count). The molecule has 0 unspecified atom stereocenters. The van der Waals surface area contributed by atoms with E-state index in [1.54, 1.807) is 16.6 Å². The maximum Gasteiger partial charge on any atom is 0.410 e. The highest BCUT2D eigenvalue weighted by Gasteiger charge is 2.47. The average Bonchev–Trinajstić information content (AvgIpc) is 3.06. The van der Waals surface area contributed by atoms with Gasteiger partial charge in [0, 0.05) is 25.2 Å². The normalized spacial score (nSPS) is 18.3. The van der Waals surface area contributed by atoms with Crippen LogP contribution in [0.2, 0.25) is 5.02 Å². The summed E-state index contributed by atoms with van der Waals surface area (Å²) in [7, 11) is 1.78. The lowest BCUT2D eigenvalue weighted by molar-refractivity contribution is -0.0537. The Bertz CT molecular complexity index is 796. The summed E-state index contributed by atoms with van der Waals surface area (Å²) in [5.74, 6) is 1.50. The Morgan fingerprint density at radius 1 is 1.25 bits per heavy atom. The first-order valence-electron chi connectivity index (χ1n) is 9.20. The van der Waals surface area contributed by atoms with Gasteiger partial charge in [-0.3, -0.25) is 4.68 Å². The number of aryl methyl sites for hydroxylation is 1. The van der Waals surface area contributed by atoms with E-state index in [-0.39, 0.29) is 31.2 Å². The van der Waals surface area contributed by atoms with E-state index in [9.17, 15) is 4.79 Å². The molecule has 0 radical (unpaired) electrons. The van der Waals surface area contributed by atoms with E-state index in [0.29, 0.717) is 16.3 Å². The Morgan fingerprint density at radius 3 is 2.54 bits per heavy atom. The summed E-state index contributed by atoms with van der Waals surface area (Å²) in [4.78, 5) is 18.1. The van der Waals surface area contributed by atoms with E-state index in [2.05, 4.69) is 10.1 Å². The number of rotatable bonds is 4. The molecule has 152 valence electrons. The molecule has 0 atom stereocenters. The monoisotopic (exact) mass is 426 g/mol. The highest BCUT2D eigenvalue weighted by atomic mass is 35.5. The summed E-state index contributed by atoms with van der Waals surface area (Å²) >= 11 is 5.91. The van der Waals surface area contributed by atoms with Gasteiger partial charge >= 0.3 is 6.09 Å². The van der Waals surface area contributed by atoms with Crippen molar-refractivity contribution < 1.29 is 14.3 Å². The standard InChI is InChI=1S/C19H23ClN4O3.ClH/c1-23-17(21-13-22-23)12-26-18(25)24-8-6-19(7-9-24)10-16(11-19)27-15-4-2-14(20)3-5-15;/h2-5,13,16H,6-12H2,1H3;1H. The van der Waals surface area contributed by atoms with Crippen LogP contribution in [0.15, 0.2) is 30.6 Å². The first kappa shape index (κ1) is 20.7. The van der Waals surface area contributed by atoms with Gasteiger partial charge in [0.15, 0.2) is 12.4 Å². The van der Waals surface area contributed by atoms with Crippen molar-refractivity contribution in [2.75, 3.05) is 13.1 Å². The highest BCUT2D eigenvalue weighted by Crippen LogP contribution is 2.50. The molecule has 1 saturated carbocycles. The minimum atomic E-state index is -0.277. The van der Waals surface area contributed by atoms with Crippen LogP contribution >= 0.6 is 24.0 Å². The van der Waals surface area contributed by atoms with Crippen molar-refractivity contribution in [1.29, 1.82) is 0 Å². The van der Waals surface area contributed by atoms with Gasteiger partial charge in [0.1, 0.15) is 12.1 Å². The van der Waals surface area contributed by atoms with E-state index >= 15 is 0 Å². The van der Waals surface area contributed by atoms with Crippen molar-refractivity contribution in [3.63, 3.8) is 0 Å². The van der Waals surface area contributed by atoms with Gasteiger partial charge in [-0.15, -0.1) is 12.4 Å². The minimum Gasteiger partial charge on any atom is -0.490 e. The van der Waals surface area contributed by atoms with Crippen molar-refractivity contribution in [2.24, 2.45) is 12.5 Å². The number of ether oxygens (including phenoxy) is 2. The zero-order valence-electron chi connectivity index (χ0n) is 15.7. The first-order chi connectivity index (χ1) is 13.0. The molecule has 1 saturated heterocycles. The molecule has 1 aliphatic carbocycles. The lowest BCUT2D eigenvalue weighted by Crippen LogP contribution is -2.52. The highest BCUT2D eigenvalue weighted by molar-refractivity contribution is 6.30. The van der Waals surface area contributed by atoms with Crippen LogP contribution in [0.3, 0.4) is 0 Å². The van der Waals surface area contributed by atoms with Crippen LogP contribution < -0.4 is 4.74 Å². The van der Waals surface area contributed by atoms with E-state index in [0.717, 1.165) is 44.5 Å². The van der Waals surface area contributed by atoms with Crippen LogP contribution in [-0.2, 0) is 18.4 Å². The Balaban J connectivity index is 0.00000225. The van der Waals surface area contributed by atoms with Crippen molar-refractivity contribution in [2.45, 2.75) is 38.4 Å². The molecule has 2 aliphatic rings. The quantitative estimate of drug-likeness (QED) is 0.742. The molecule has 2 heterocycles. The zero-order valence-corrected chi connectivity index (χ0v) is 17.3. The summed E-state index contributed by atoms with van der Waals surface area (Å²) in [6, 6.07) is 7.50. The van der Waals surface area contributed by atoms with Crippen LogP contribution in [0.5, 0.6) is 5.75 Å². The Labute approximate surface area is 175 Å². The summed E-state index contributed by atoms with van der Waals surface area (Å²) in [5.41, 5.74) is 0.303. The number of benzene rings is 1. The Hall–Kier alpha value is -1.99. The van der Waals surface area contributed by atoms with Gasteiger partial charge in [-0.1, -0.05) is 11.6 Å². The molecule has 28 heavy (non-hydrogen) atoms. The second-order valence-electron chi connectivity index (χ2n) is 7.44. The van der Waals surface area contributed by atoms with Crippen molar-refractivity contribution in [3.8, 4) is 5.75 Å². The number of amides is 1. The van der Waals surface area contributed by atoms with Crippen LogP contribution in [0.4, 0.5) is 4.79 Å². The lowest BCUT2D eigenvalue weighted by atomic mass is 9.61. The molecular formula is C19H24Cl2N4O3. The van der Waals surface area contributed by atoms with Gasteiger partial charge in [-0.2, -0.15) is 5.10 Å². The van der Waals surface area contributed by atoms with E-state index in [4.69, 9.17) is 21.1 Å². The van der Waals surface area contributed by atoms with Gasteiger partial charge < -0.3 is 14.4 Å². The van der Waals surface area contributed by atoms with Gasteiger partial charge in [-0.25, -0.2) is 9.78 Å². The number of likely N-dealkylation sites (tertiary alicyclic amines) is 1. The number of carbonyl (C=O) groups excluding carboxylic acids is 1. The second kappa shape index (κ2) is 8.57. The molecule has 0 N–H and O–H groups in total. The molecule has 0 bridgehead atoms. The SMILES string of the molecule is Cl.Cn1ncnc1COC(=O)N1CCC2(CC1)CC(Oc1ccc(Cl)cc1)C2. The van der Waals surface area contributed by atoms with E-state index in [1.807, 2.05) is 24.3 Å². The van der Waals surface area contributed by atoms with Crippen molar-refractivity contribution >= 4 is 30.1 Å². The minimum absolute atomic E-state index is 0. The maximum absolute atomic E-state index is 12.3. The lowest BCUT2D eigenvalue weighted by Gasteiger charge is -2.51. The van der Waals surface area contributed by atoms with Gasteiger partial charge in [0.05, 0.1) is 6.10 Å². The average molecular weight is 427 g/mol. The molecular weight excluding hydrogens is 403 g/mol. The number of halogens is 2. The third-order valence-electron chi connectivity index (χ3n) is 5.65. The number of hydrogen-bond donors (Lipinski definition) is 0. The van der Waals surface area contributed by atoms with E-state index in [1.165, 1.54) is 6.33 Å². The predicted octanol–water partition coefficient (Wildman–Crippen LogP) is 3.85. The van der Waals surface area contributed by atoms with Gasteiger partial charge in [0.2, 0.25) is 0 Å². The third-order valence-corrected chi connectivity index (χ3v) is 5.90.